The van der Waals surface area contributed by atoms with Crippen molar-refractivity contribution in [1.29, 1.82) is 0 Å². The van der Waals surface area contributed by atoms with Gasteiger partial charge in [0.1, 0.15) is 5.82 Å². The van der Waals surface area contributed by atoms with Gasteiger partial charge >= 0.3 is 0 Å². The lowest BCUT2D eigenvalue weighted by Crippen LogP contribution is -2.45. The van der Waals surface area contributed by atoms with Crippen molar-refractivity contribution in [2.75, 3.05) is 20.2 Å². The molecule has 1 aliphatic heterocycles. The molecule has 1 aliphatic rings. The van der Waals surface area contributed by atoms with Crippen LogP contribution in [0.3, 0.4) is 0 Å². The van der Waals surface area contributed by atoms with E-state index in [0.717, 1.165) is 23.9 Å². The SMILES string of the molecule is CN=C(NCc1ccc(Br)cc1F)NCC1(C)CCCO1.I. The van der Waals surface area contributed by atoms with Crippen LogP contribution in [0.4, 0.5) is 4.39 Å². The van der Waals surface area contributed by atoms with Crippen molar-refractivity contribution in [2.45, 2.75) is 31.9 Å². The maximum atomic E-state index is 13.7. The molecule has 1 atom stereocenters. The Hall–Kier alpha value is -0.410. The lowest BCUT2D eigenvalue weighted by Gasteiger charge is -2.24. The van der Waals surface area contributed by atoms with Gasteiger partial charge in [0, 0.05) is 36.8 Å². The van der Waals surface area contributed by atoms with Crippen molar-refractivity contribution >= 4 is 45.9 Å². The average molecular weight is 486 g/mol. The molecule has 4 nitrogen and oxygen atoms in total. The first kappa shape index (κ1) is 19.6. The number of benzene rings is 1. The van der Waals surface area contributed by atoms with Crippen LogP contribution >= 0.6 is 39.9 Å². The summed E-state index contributed by atoms with van der Waals surface area (Å²) in [6, 6.07) is 5.03. The molecular weight excluding hydrogens is 464 g/mol. The molecule has 0 aromatic heterocycles. The van der Waals surface area contributed by atoms with Crippen LogP contribution in [-0.2, 0) is 11.3 Å². The van der Waals surface area contributed by atoms with E-state index in [2.05, 4.69) is 38.5 Å². The number of hydrogen-bond acceptors (Lipinski definition) is 2. The minimum absolute atomic E-state index is 0. The smallest absolute Gasteiger partial charge is 0.191 e. The Morgan fingerprint density at radius 3 is 2.82 bits per heavy atom. The molecule has 124 valence electrons. The molecule has 22 heavy (non-hydrogen) atoms. The minimum atomic E-state index is -0.238. The summed E-state index contributed by atoms with van der Waals surface area (Å²) >= 11 is 3.25. The molecule has 1 unspecified atom stereocenters. The summed E-state index contributed by atoms with van der Waals surface area (Å²) < 4.78 is 20.2. The molecule has 0 radical (unpaired) electrons. The van der Waals surface area contributed by atoms with Crippen molar-refractivity contribution in [3.8, 4) is 0 Å². The van der Waals surface area contributed by atoms with Gasteiger partial charge in [-0.3, -0.25) is 4.99 Å². The molecule has 0 saturated carbocycles. The van der Waals surface area contributed by atoms with Crippen molar-refractivity contribution < 1.29 is 9.13 Å². The second-order valence-electron chi connectivity index (χ2n) is 5.42. The molecule has 1 aromatic carbocycles. The van der Waals surface area contributed by atoms with E-state index >= 15 is 0 Å². The molecular formula is C15H22BrFIN3O. The largest absolute Gasteiger partial charge is 0.373 e. The van der Waals surface area contributed by atoms with Crippen LogP contribution < -0.4 is 10.6 Å². The fourth-order valence-electron chi connectivity index (χ4n) is 2.31. The highest BCUT2D eigenvalue weighted by molar-refractivity contribution is 14.0. The van der Waals surface area contributed by atoms with Gasteiger partial charge < -0.3 is 15.4 Å². The van der Waals surface area contributed by atoms with E-state index < -0.39 is 0 Å². The van der Waals surface area contributed by atoms with Crippen molar-refractivity contribution in [3.05, 3.63) is 34.1 Å². The van der Waals surface area contributed by atoms with E-state index in [-0.39, 0.29) is 35.4 Å². The van der Waals surface area contributed by atoms with Gasteiger partial charge in [-0.2, -0.15) is 0 Å². The highest BCUT2D eigenvalue weighted by Crippen LogP contribution is 2.23. The fourth-order valence-corrected chi connectivity index (χ4v) is 2.64. The number of rotatable bonds is 4. The van der Waals surface area contributed by atoms with Crippen LogP contribution in [0, 0.1) is 5.82 Å². The third kappa shape index (κ3) is 5.66. The maximum absolute atomic E-state index is 13.7. The molecule has 0 amide bonds. The van der Waals surface area contributed by atoms with E-state index in [9.17, 15) is 4.39 Å². The van der Waals surface area contributed by atoms with Gasteiger partial charge in [0.25, 0.3) is 0 Å². The van der Waals surface area contributed by atoms with Gasteiger partial charge in [0.05, 0.1) is 5.60 Å². The summed E-state index contributed by atoms with van der Waals surface area (Å²) in [4.78, 5) is 4.15. The minimum Gasteiger partial charge on any atom is -0.373 e. The summed E-state index contributed by atoms with van der Waals surface area (Å²) in [6.07, 6.45) is 2.13. The Morgan fingerprint density at radius 1 is 1.45 bits per heavy atom. The van der Waals surface area contributed by atoms with Gasteiger partial charge in [-0.25, -0.2) is 4.39 Å². The summed E-state index contributed by atoms with van der Waals surface area (Å²) in [5.41, 5.74) is 0.463. The van der Waals surface area contributed by atoms with E-state index in [1.54, 1.807) is 13.1 Å². The molecule has 0 aliphatic carbocycles. The van der Waals surface area contributed by atoms with Gasteiger partial charge in [0.2, 0.25) is 0 Å². The molecule has 1 aromatic rings. The lowest BCUT2D eigenvalue weighted by atomic mass is 10.0. The Morgan fingerprint density at radius 2 is 2.23 bits per heavy atom. The summed E-state index contributed by atoms with van der Waals surface area (Å²) in [5, 5.41) is 6.35. The normalized spacial score (nSPS) is 21.4. The zero-order valence-corrected chi connectivity index (χ0v) is 16.7. The molecule has 2 N–H and O–H groups in total. The fraction of sp³-hybridized carbons (Fsp3) is 0.533. The van der Waals surface area contributed by atoms with E-state index in [1.807, 2.05) is 6.07 Å². The number of nitrogens with zero attached hydrogens (tertiary/aromatic N) is 1. The summed E-state index contributed by atoms with van der Waals surface area (Å²) in [7, 11) is 1.70. The highest BCUT2D eigenvalue weighted by Gasteiger charge is 2.29. The number of guanidine groups is 1. The van der Waals surface area contributed by atoms with Crippen molar-refractivity contribution in [1.82, 2.24) is 10.6 Å². The first-order chi connectivity index (χ1) is 10.0. The van der Waals surface area contributed by atoms with E-state index in [0.29, 0.717) is 24.6 Å². The van der Waals surface area contributed by atoms with Gasteiger partial charge in [-0.15, -0.1) is 24.0 Å². The van der Waals surface area contributed by atoms with Crippen molar-refractivity contribution in [2.24, 2.45) is 4.99 Å². The summed E-state index contributed by atoms with van der Waals surface area (Å²) in [6.45, 7) is 3.98. The van der Waals surface area contributed by atoms with Crippen molar-refractivity contribution in [3.63, 3.8) is 0 Å². The quantitative estimate of drug-likeness (QED) is 0.390. The molecule has 2 rings (SSSR count). The number of halogens is 3. The van der Waals surface area contributed by atoms with Crippen LogP contribution in [0.15, 0.2) is 27.7 Å². The van der Waals surface area contributed by atoms with Crippen LogP contribution in [-0.4, -0.2) is 31.8 Å². The molecule has 1 fully saturated rings. The number of ether oxygens (including phenoxy) is 1. The maximum Gasteiger partial charge on any atom is 0.191 e. The topological polar surface area (TPSA) is 45.7 Å². The highest BCUT2D eigenvalue weighted by atomic mass is 127. The van der Waals surface area contributed by atoms with Crippen LogP contribution in [0.25, 0.3) is 0 Å². The molecule has 0 bridgehead atoms. The first-order valence-electron chi connectivity index (χ1n) is 7.05. The molecule has 7 heteroatoms. The first-order valence-corrected chi connectivity index (χ1v) is 7.84. The lowest BCUT2D eigenvalue weighted by molar-refractivity contribution is 0.0243. The Kier molecular flexibility index (Phi) is 8.06. The predicted octanol–water partition coefficient (Wildman–Crippen LogP) is 3.44. The van der Waals surface area contributed by atoms with Crippen LogP contribution in [0.1, 0.15) is 25.3 Å². The third-order valence-corrected chi connectivity index (χ3v) is 4.11. The van der Waals surface area contributed by atoms with Gasteiger partial charge in [0.15, 0.2) is 5.96 Å². The number of aliphatic imine (C=N–C) groups is 1. The Balaban J connectivity index is 0.00000242. The molecule has 1 heterocycles. The van der Waals surface area contributed by atoms with E-state index in [4.69, 9.17) is 4.74 Å². The predicted molar refractivity (Wildman–Crippen MR) is 101 cm³/mol. The zero-order chi connectivity index (χ0) is 15.3. The second-order valence-corrected chi connectivity index (χ2v) is 6.33. The summed E-state index contributed by atoms with van der Waals surface area (Å²) in [5.74, 6) is 0.410. The monoisotopic (exact) mass is 485 g/mol. The van der Waals surface area contributed by atoms with Crippen LogP contribution in [0.5, 0.6) is 0 Å². The number of nitrogens with one attached hydrogen (secondary N) is 2. The van der Waals surface area contributed by atoms with Gasteiger partial charge in [-0.05, 0) is 31.9 Å². The zero-order valence-electron chi connectivity index (χ0n) is 12.8. The number of hydrogen-bond donors (Lipinski definition) is 2. The Bertz CT molecular complexity index is 522. The van der Waals surface area contributed by atoms with Crippen LogP contribution in [0.2, 0.25) is 0 Å². The molecule has 0 spiro atoms. The standard InChI is InChI=1S/C15H21BrFN3O.HI/c1-15(6-3-7-21-15)10-20-14(18-2)19-9-11-4-5-12(16)8-13(11)17;/h4-5,8H,3,6-7,9-10H2,1-2H3,(H2,18,19,20);1H. The second kappa shape index (κ2) is 9.02. The third-order valence-electron chi connectivity index (χ3n) is 3.62. The average Bonchev–Trinajstić information content (AvgIpc) is 2.88. The molecule has 1 saturated heterocycles. The van der Waals surface area contributed by atoms with Gasteiger partial charge in [-0.1, -0.05) is 22.0 Å². The Labute approximate surface area is 156 Å². The van der Waals surface area contributed by atoms with E-state index in [1.165, 1.54) is 6.07 Å².